The van der Waals surface area contributed by atoms with Gasteiger partial charge in [0.1, 0.15) is 5.75 Å². The van der Waals surface area contributed by atoms with Gasteiger partial charge in [-0.3, -0.25) is 10.5 Å². The molecular formula is C10H11BrNO2. The molecule has 0 bridgehead atoms. The number of carbonyl (C=O) groups is 1. The van der Waals surface area contributed by atoms with E-state index in [2.05, 4.69) is 15.9 Å². The summed E-state index contributed by atoms with van der Waals surface area (Å²) in [6.07, 6.45) is 0.877. The number of hydrogen-bond acceptors (Lipinski definition) is 2. The zero-order chi connectivity index (χ0) is 10.6. The lowest BCUT2D eigenvalue weighted by atomic mass is 10.2. The maximum Gasteiger partial charge on any atom is 0.273 e. The average Bonchev–Trinajstić information content (AvgIpc) is 2.15. The number of ether oxygens (including phenoxy) is 1. The number of hydrogen-bond donors (Lipinski definition) is 0. The number of nitrogens with one attached hydrogen (secondary N) is 1. The van der Waals surface area contributed by atoms with Crippen LogP contribution in [-0.4, -0.2) is 12.5 Å². The minimum atomic E-state index is -0.725. The van der Waals surface area contributed by atoms with E-state index in [1.165, 1.54) is 0 Å². The van der Waals surface area contributed by atoms with Crippen LogP contribution in [0.3, 0.4) is 0 Å². The molecule has 0 spiro atoms. The molecule has 0 saturated heterocycles. The smallest absolute Gasteiger partial charge is 0.273 e. The normalized spacial score (nSPS) is 9.86. The van der Waals surface area contributed by atoms with Crippen molar-refractivity contribution in [1.82, 2.24) is 5.73 Å². The second kappa shape index (κ2) is 5.00. The van der Waals surface area contributed by atoms with Crippen LogP contribution in [0.2, 0.25) is 0 Å². The lowest BCUT2D eigenvalue weighted by Gasteiger charge is -2.08. The molecule has 0 saturated carbocycles. The third kappa shape index (κ3) is 2.73. The van der Waals surface area contributed by atoms with Crippen LogP contribution in [-0.2, 0) is 0 Å². The van der Waals surface area contributed by atoms with E-state index in [-0.39, 0.29) is 0 Å². The second-order valence-corrected chi connectivity index (χ2v) is 3.73. The number of halogens is 1. The highest BCUT2D eigenvalue weighted by Crippen LogP contribution is 2.23. The standard InChI is InChI=1S/C10H11BrNO2/c1-2-5-14-9-4-3-7(11)6-8(9)10(12)13/h3-4,6,12H,2,5H2,1H3. The van der Waals surface area contributed by atoms with E-state index in [1.54, 1.807) is 18.2 Å². The Balaban J connectivity index is 2.96. The van der Waals surface area contributed by atoms with E-state index in [4.69, 9.17) is 10.5 Å². The summed E-state index contributed by atoms with van der Waals surface area (Å²) in [5.41, 5.74) is 7.35. The van der Waals surface area contributed by atoms with Gasteiger partial charge in [-0.2, -0.15) is 0 Å². The molecular weight excluding hydrogens is 246 g/mol. The first-order chi connectivity index (χ1) is 6.65. The maximum absolute atomic E-state index is 10.9. The van der Waals surface area contributed by atoms with Crippen molar-refractivity contribution in [3.05, 3.63) is 28.2 Å². The van der Waals surface area contributed by atoms with Crippen LogP contribution in [0.15, 0.2) is 22.7 Å². The Morgan fingerprint density at radius 1 is 1.57 bits per heavy atom. The molecule has 0 heterocycles. The Kier molecular flexibility index (Phi) is 3.95. The fourth-order valence-electron chi connectivity index (χ4n) is 1.02. The average molecular weight is 257 g/mol. The molecule has 0 atom stereocenters. The first kappa shape index (κ1) is 11.0. The zero-order valence-electron chi connectivity index (χ0n) is 7.84. The van der Waals surface area contributed by atoms with E-state index in [0.29, 0.717) is 17.9 Å². The minimum absolute atomic E-state index is 0.299. The minimum Gasteiger partial charge on any atom is -0.493 e. The lowest BCUT2D eigenvalue weighted by molar-refractivity contribution is 0.0988. The van der Waals surface area contributed by atoms with E-state index < -0.39 is 5.91 Å². The van der Waals surface area contributed by atoms with Crippen LogP contribution in [0.25, 0.3) is 0 Å². The van der Waals surface area contributed by atoms with Crippen molar-refractivity contribution in [3.63, 3.8) is 0 Å². The van der Waals surface area contributed by atoms with Crippen LogP contribution < -0.4 is 10.5 Å². The number of benzene rings is 1. The van der Waals surface area contributed by atoms with Gasteiger partial charge in [0, 0.05) is 4.47 Å². The van der Waals surface area contributed by atoms with Gasteiger partial charge >= 0.3 is 0 Å². The molecule has 1 aromatic carbocycles. The van der Waals surface area contributed by atoms with Gasteiger partial charge in [0.05, 0.1) is 12.2 Å². The third-order valence-corrected chi connectivity index (χ3v) is 2.14. The Labute approximate surface area is 91.4 Å². The van der Waals surface area contributed by atoms with Crippen LogP contribution >= 0.6 is 15.9 Å². The van der Waals surface area contributed by atoms with Gasteiger partial charge in [-0.15, -0.1) is 0 Å². The molecule has 1 amide bonds. The van der Waals surface area contributed by atoms with E-state index in [0.717, 1.165) is 10.9 Å². The summed E-state index contributed by atoms with van der Waals surface area (Å²) in [5, 5.41) is 0. The highest BCUT2D eigenvalue weighted by molar-refractivity contribution is 9.10. The van der Waals surface area contributed by atoms with E-state index >= 15 is 0 Å². The van der Waals surface area contributed by atoms with E-state index in [1.807, 2.05) is 6.92 Å². The molecule has 0 aliphatic rings. The monoisotopic (exact) mass is 256 g/mol. The Morgan fingerprint density at radius 2 is 2.29 bits per heavy atom. The summed E-state index contributed by atoms with van der Waals surface area (Å²) in [4.78, 5) is 10.9. The summed E-state index contributed by atoms with van der Waals surface area (Å²) in [5.74, 6) is -0.243. The van der Waals surface area contributed by atoms with Crippen LogP contribution in [0, 0.1) is 0 Å². The molecule has 0 aromatic heterocycles. The summed E-state index contributed by atoms with van der Waals surface area (Å²) in [6, 6.07) is 5.08. The topological polar surface area (TPSA) is 50.1 Å². The van der Waals surface area contributed by atoms with Gasteiger partial charge < -0.3 is 4.74 Å². The van der Waals surface area contributed by atoms with Gasteiger partial charge in [-0.05, 0) is 24.6 Å². The largest absolute Gasteiger partial charge is 0.493 e. The van der Waals surface area contributed by atoms with Crippen molar-refractivity contribution in [3.8, 4) is 5.75 Å². The Hall–Kier alpha value is -1.03. The van der Waals surface area contributed by atoms with Crippen molar-refractivity contribution in [1.29, 1.82) is 0 Å². The number of carbonyl (C=O) groups excluding carboxylic acids is 1. The molecule has 0 aliphatic carbocycles. The molecule has 4 heteroatoms. The molecule has 1 radical (unpaired) electrons. The van der Waals surface area contributed by atoms with Gasteiger partial charge in [0.15, 0.2) is 0 Å². The van der Waals surface area contributed by atoms with Crippen molar-refractivity contribution < 1.29 is 9.53 Å². The Bertz CT molecular complexity index is 339. The molecule has 1 N–H and O–H groups in total. The summed E-state index contributed by atoms with van der Waals surface area (Å²) in [6.45, 7) is 2.54. The highest BCUT2D eigenvalue weighted by atomic mass is 79.9. The van der Waals surface area contributed by atoms with Crippen molar-refractivity contribution in [2.75, 3.05) is 6.61 Å². The SMILES string of the molecule is CCCOc1ccc(Br)cc1C([NH])=O. The lowest BCUT2D eigenvalue weighted by Crippen LogP contribution is -2.05. The molecule has 1 aromatic rings. The number of rotatable bonds is 4. The first-order valence-electron chi connectivity index (χ1n) is 4.33. The first-order valence-corrected chi connectivity index (χ1v) is 5.12. The zero-order valence-corrected chi connectivity index (χ0v) is 9.43. The predicted octanol–water partition coefficient (Wildman–Crippen LogP) is 2.66. The van der Waals surface area contributed by atoms with Gasteiger partial charge in [-0.1, -0.05) is 22.9 Å². The molecule has 14 heavy (non-hydrogen) atoms. The fraction of sp³-hybridized carbons (Fsp3) is 0.300. The summed E-state index contributed by atoms with van der Waals surface area (Å²) >= 11 is 3.24. The molecule has 0 unspecified atom stereocenters. The second-order valence-electron chi connectivity index (χ2n) is 2.82. The van der Waals surface area contributed by atoms with Crippen molar-refractivity contribution in [2.45, 2.75) is 13.3 Å². The number of amides is 1. The molecule has 0 fully saturated rings. The molecule has 1 rings (SSSR count). The quantitative estimate of drug-likeness (QED) is 0.832. The third-order valence-electron chi connectivity index (χ3n) is 1.65. The molecule has 0 aliphatic heterocycles. The van der Waals surface area contributed by atoms with Crippen LogP contribution in [0.1, 0.15) is 23.7 Å². The van der Waals surface area contributed by atoms with Crippen molar-refractivity contribution >= 4 is 21.8 Å². The molecule has 3 nitrogen and oxygen atoms in total. The van der Waals surface area contributed by atoms with Gasteiger partial charge in [0.25, 0.3) is 5.91 Å². The Morgan fingerprint density at radius 3 is 2.86 bits per heavy atom. The van der Waals surface area contributed by atoms with E-state index in [9.17, 15) is 4.79 Å². The highest BCUT2D eigenvalue weighted by Gasteiger charge is 2.09. The van der Waals surface area contributed by atoms with Crippen LogP contribution in [0.5, 0.6) is 5.75 Å². The fourth-order valence-corrected chi connectivity index (χ4v) is 1.38. The van der Waals surface area contributed by atoms with Crippen LogP contribution in [0.4, 0.5) is 0 Å². The van der Waals surface area contributed by atoms with Gasteiger partial charge in [0.2, 0.25) is 0 Å². The summed E-state index contributed by atoms with van der Waals surface area (Å²) in [7, 11) is 0. The predicted molar refractivity (Wildman–Crippen MR) is 57.4 cm³/mol. The summed E-state index contributed by atoms with van der Waals surface area (Å²) < 4.78 is 6.12. The molecule has 75 valence electrons. The van der Waals surface area contributed by atoms with Gasteiger partial charge in [-0.25, -0.2) is 0 Å². The van der Waals surface area contributed by atoms with Crippen molar-refractivity contribution in [2.24, 2.45) is 0 Å². The maximum atomic E-state index is 10.9.